The van der Waals surface area contributed by atoms with Crippen LogP contribution in [0.25, 0.3) is 0 Å². The standard InChI is InChI=1S/C23H28N2O5/c1-2-30-23(29)16-11-13-24(14-12-16)20(26)15-7-9-17(10-8-15)25-21(27)18-5-3-4-6-19(18)22(25)28/h7-10,16,18-19H,2-6,11-14H2,1H3. The number of benzene rings is 1. The molecule has 0 aromatic heterocycles. The third-order valence-electron chi connectivity index (χ3n) is 6.62. The van der Waals surface area contributed by atoms with E-state index in [9.17, 15) is 19.2 Å². The van der Waals surface area contributed by atoms with E-state index in [1.807, 2.05) is 0 Å². The van der Waals surface area contributed by atoms with Crippen molar-refractivity contribution in [1.82, 2.24) is 4.90 Å². The summed E-state index contributed by atoms with van der Waals surface area (Å²) in [6, 6.07) is 6.73. The molecule has 1 aromatic carbocycles. The highest BCUT2D eigenvalue weighted by atomic mass is 16.5. The SMILES string of the molecule is CCOC(=O)C1CCN(C(=O)c2ccc(N3C(=O)C4CCCCC4C3=O)cc2)CC1. The van der Waals surface area contributed by atoms with Gasteiger partial charge >= 0.3 is 5.97 Å². The Bertz CT molecular complexity index is 818. The zero-order chi connectivity index (χ0) is 21.3. The van der Waals surface area contributed by atoms with E-state index in [-0.39, 0.29) is 41.4 Å². The predicted octanol–water partition coefficient (Wildman–Crippen LogP) is 2.78. The van der Waals surface area contributed by atoms with Gasteiger partial charge in [0.15, 0.2) is 0 Å². The van der Waals surface area contributed by atoms with E-state index in [1.54, 1.807) is 36.1 Å². The third-order valence-corrected chi connectivity index (χ3v) is 6.62. The molecule has 0 spiro atoms. The van der Waals surface area contributed by atoms with Crippen LogP contribution in [0.2, 0.25) is 0 Å². The van der Waals surface area contributed by atoms with Crippen molar-refractivity contribution < 1.29 is 23.9 Å². The molecular weight excluding hydrogens is 384 g/mol. The highest BCUT2D eigenvalue weighted by molar-refractivity contribution is 6.22. The molecule has 2 saturated heterocycles. The Hall–Kier alpha value is -2.70. The largest absolute Gasteiger partial charge is 0.466 e. The third kappa shape index (κ3) is 3.73. The van der Waals surface area contributed by atoms with Crippen LogP contribution in [0.4, 0.5) is 5.69 Å². The molecule has 0 radical (unpaired) electrons. The van der Waals surface area contributed by atoms with Gasteiger partial charge in [-0.25, -0.2) is 0 Å². The van der Waals surface area contributed by atoms with Crippen molar-refractivity contribution in [2.45, 2.75) is 45.4 Å². The summed E-state index contributed by atoms with van der Waals surface area (Å²) < 4.78 is 5.07. The Morgan fingerprint density at radius 1 is 0.933 bits per heavy atom. The van der Waals surface area contributed by atoms with Gasteiger partial charge in [-0.1, -0.05) is 12.8 Å². The first-order chi connectivity index (χ1) is 14.5. The van der Waals surface area contributed by atoms with Crippen LogP contribution in [0.1, 0.15) is 55.8 Å². The summed E-state index contributed by atoms with van der Waals surface area (Å²) in [7, 11) is 0. The molecule has 2 heterocycles. The zero-order valence-corrected chi connectivity index (χ0v) is 17.3. The lowest BCUT2D eigenvalue weighted by Crippen LogP contribution is -2.40. The maximum Gasteiger partial charge on any atom is 0.309 e. The van der Waals surface area contributed by atoms with Crippen molar-refractivity contribution in [3.8, 4) is 0 Å². The van der Waals surface area contributed by atoms with Crippen molar-refractivity contribution >= 4 is 29.4 Å². The number of piperidine rings is 1. The van der Waals surface area contributed by atoms with Gasteiger partial charge in [-0.05, 0) is 56.9 Å². The van der Waals surface area contributed by atoms with Crippen molar-refractivity contribution in [2.75, 3.05) is 24.6 Å². The van der Waals surface area contributed by atoms with E-state index in [0.717, 1.165) is 25.7 Å². The number of hydrogen-bond donors (Lipinski definition) is 0. The van der Waals surface area contributed by atoms with E-state index in [2.05, 4.69) is 0 Å². The lowest BCUT2D eigenvalue weighted by atomic mass is 9.81. The van der Waals surface area contributed by atoms with E-state index >= 15 is 0 Å². The predicted molar refractivity (Wildman–Crippen MR) is 110 cm³/mol. The summed E-state index contributed by atoms with van der Waals surface area (Å²) in [5.74, 6) is -1.02. The van der Waals surface area contributed by atoms with Gasteiger partial charge < -0.3 is 9.64 Å². The van der Waals surface area contributed by atoms with Gasteiger partial charge in [-0.15, -0.1) is 0 Å². The Labute approximate surface area is 176 Å². The lowest BCUT2D eigenvalue weighted by Gasteiger charge is -2.31. The Kier molecular flexibility index (Phi) is 5.88. The zero-order valence-electron chi connectivity index (χ0n) is 17.3. The van der Waals surface area contributed by atoms with Crippen molar-refractivity contribution in [1.29, 1.82) is 0 Å². The number of nitrogens with zero attached hydrogens (tertiary/aromatic N) is 2. The van der Waals surface area contributed by atoms with Crippen LogP contribution in [-0.4, -0.2) is 48.3 Å². The first-order valence-electron chi connectivity index (χ1n) is 10.9. The van der Waals surface area contributed by atoms with Gasteiger partial charge in [0.2, 0.25) is 11.8 Å². The average molecular weight is 412 g/mol. The quantitative estimate of drug-likeness (QED) is 0.561. The maximum atomic E-state index is 12.8. The van der Waals surface area contributed by atoms with Crippen LogP contribution in [0.3, 0.4) is 0 Å². The summed E-state index contributed by atoms with van der Waals surface area (Å²) in [4.78, 5) is 53.2. The molecule has 0 N–H and O–H groups in total. The van der Waals surface area contributed by atoms with Gasteiger partial charge in [0, 0.05) is 18.7 Å². The summed E-state index contributed by atoms with van der Waals surface area (Å²) in [5.41, 5.74) is 1.06. The number of hydrogen-bond acceptors (Lipinski definition) is 5. The van der Waals surface area contributed by atoms with Gasteiger partial charge in [-0.2, -0.15) is 0 Å². The number of carbonyl (C=O) groups excluding carboxylic acids is 4. The smallest absolute Gasteiger partial charge is 0.309 e. The summed E-state index contributed by atoms with van der Waals surface area (Å²) in [5, 5.41) is 0. The number of imide groups is 1. The van der Waals surface area contributed by atoms with Gasteiger partial charge in [0.05, 0.1) is 30.0 Å². The summed E-state index contributed by atoms with van der Waals surface area (Å²) in [6.45, 7) is 3.18. The molecule has 3 aliphatic rings. The topological polar surface area (TPSA) is 84.0 Å². The molecule has 7 heteroatoms. The molecule has 2 aliphatic heterocycles. The van der Waals surface area contributed by atoms with Crippen molar-refractivity contribution in [3.63, 3.8) is 0 Å². The molecule has 30 heavy (non-hydrogen) atoms. The van der Waals surface area contributed by atoms with E-state index in [1.165, 1.54) is 4.90 Å². The summed E-state index contributed by atoms with van der Waals surface area (Å²) >= 11 is 0. The molecule has 4 rings (SSSR count). The van der Waals surface area contributed by atoms with Crippen LogP contribution >= 0.6 is 0 Å². The van der Waals surface area contributed by atoms with E-state index in [0.29, 0.717) is 43.8 Å². The number of rotatable bonds is 4. The number of amides is 3. The average Bonchev–Trinajstić information content (AvgIpc) is 3.04. The highest BCUT2D eigenvalue weighted by Gasteiger charge is 2.48. The number of esters is 1. The molecule has 2 unspecified atom stereocenters. The fraction of sp³-hybridized carbons (Fsp3) is 0.565. The molecule has 1 aromatic rings. The minimum atomic E-state index is -0.187. The van der Waals surface area contributed by atoms with Crippen LogP contribution < -0.4 is 4.90 Å². The molecular formula is C23H28N2O5. The second kappa shape index (κ2) is 8.58. The van der Waals surface area contributed by atoms with Gasteiger partial charge in [-0.3, -0.25) is 24.1 Å². The first-order valence-corrected chi connectivity index (χ1v) is 10.9. The van der Waals surface area contributed by atoms with Gasteiger partial charge in [0.1, 0.15) is 0 Å². The molecule has 160 valence electrons. The van der Waals surface area contributed by atoms with E-state index in [4.69, 9.17) is 4.74 Å². The molecule has 2 atom stereocenters. The minimum Gasteiger partial charge on any atom is -0.466 e. The molecule has 0 bridgehead atoms. The Morgan fingerprint density at radius 2 is 1.50 bits per heavy atom. The lowest BCUT2D eigenvalue weighted by molar-refractivity contribution is -0.149. The maximum absolute atomic E-state index is 12.8. The first kappa shape index (κ1) is 20.6. The number of fused-ring (bicyclic) bond motifs is 1. The van der Waals surface area contributed by atoms with Gasteiger partial charge in [0.25, 0.3) is 5.91 Å². The monoisotopic (exact) mass is 412 g/mol. The Balaban J connectivity index is 1.40. The van der Waals surface area contributed by atoms with Crippen LogP contribution in [0.5, 0.6) is 0 Å². The fourth-order valence-corrected chi connectivity index (χ4v) is 4.93. The molecule has 3 amide bonds. The van der Waals surface area contributed by atoms with Crippen LogP contribution in [0.15, 0.2) is 24.3 Å². The highest BCUT2D eigenvalue weighted by Crippen LogP contribution is 2.40. The van der Waals surface area contributed by atoms with Crippen molar-refractivity contribution in [2.24, 2.45) is 17.8 Å². The number of carbonyl (C=O) groups is 4. The minimum absolute atomic E-state index is 0.100. The fourth-order valence-electron chi connectivity index (χ4n) is 4.93. The summed E-state index contributed by atoms with van der Waals surface area (Å²) in [6.07, 6.45) is 4.75. The Morgan fingerprint density at radius 3 is 2.03 bits per heavy atom. The normalized spacial score (nSPS) is 24.7. The van der Waals surface area contributed by atoms with Crippen molar-refractivity contribution in [3.05, 3.63) is 29.8 Å². The molecule has 1 aliphatic carbocycles. The second-order valence-corrected chi connectivity index (χ2v) is 8.37. The van der Waals surface area contributed by atoms with Crippen LogP contribution in [-0.2, 0) is 19.1 Å². The number of anilines is 1. The second-order valence-electron chi connectivity index (χ2n) is 8.37. The molecule has 3 fully saturated rings. The van der Waals surface area contributed by atoms with Crippen LogP contribution in [0, 0.1) is 17.8 Å². The molecule has 1 saturated carbocycles. The number of ether oxygens (including phenoxy) is 1. The number of likely N-dealkylation sites (tertiary alicyclic amines) is 1. The van der Waals surface area contributed by atoms with E-state index < -0.39 is 0 Å². The molecule has 7 nitrogen and oxygen atoms in total.